The van der Waals surface area contributed by atoms with Crippen molar-refractivity contribution in [3.05, 3.63) is 71.3 Å². The zero-order valence-electron chi connectivity index (χ0n) is 13.4. The predicted octanol–water partition coefficient (Wildman–Crippen LogP) is 2.75. The molecule has 0 saturated carbocycles. The molecule has 1 fully saturated rings. The highest BCUT2D eigenvalue weighted by atomic mass is 16.5. The maximum Gasteiger partial charge on any atom is 0.295 e. The first-order valence-electron chi connectivity index (χ1n) is 7.49. The predicted molar refractivity (Wildman–Crippen MR) is 89.5 cm³/mol. The highest BCUT2D eigenvalue weighted by Crippen LogP contribution is 2.41. The summed E-state index contributed by atoms with van der Waals surface area (Å²) in [6, 6.07) is 15.2. The molecule has 1 aliphatic heterocycles. The van der Waals surface area contributed by atoms with Crippen LogP contribution < -0.4 is 4.74 Å². The summed E-state index contributed by atoms with van der Waals surface area (Å²) < 4.78 is 5.36. The molecule has 0 bridgehead atoms. The molecular weight excluding hydrogens is 306 g/mol. The van der Waals surface area contributed by atoms with Gasteiger partial charge in [0.15, 0.2) is 0 Å². The van der Waals surface area contributed by atoms with E-state index in [1.54, 1.807) is 55.6 Å². The summed E-state index contributed by atoms with van der Waals surface area (Å²) in [5.74, 6) is -0.984. The number of aliphatic hydroxyl groups is 1. The van der Waals surface area contributed by atoms with Crippen molar-refractivity contribution in [2.24, 2.45) is 0 Å². The van der Waals surface area contributed by atoms with Gasteiger partial charge in [0.05, 0.1) is 18.7 Å². The van der Waals surface area contributed by atoms with Gasteiger partial charge < -0.3 is 14.7 Å². The van der Waals surface area contributed by atoms with E-state index < -0.39 is 17.7 Å². The minimum Gasteiger partial charge on any atom is -0.507 e. The molecular formula is C19H17NO4. The zero-order valence-corrected chi connectivity index (χ0v) is 13.4. The van der Waals surface area contributed by atoms with E-state index in [2.05, 4.69) is 0 Å². The monoisotopic (exact) mass is 323 g/mol. The largest absolute Gasteiger partial charge is 0.507 e. The molecule has 1 heterocycles. The van der Waals surface area contributed by atoms with Crippen molar-refractivity contribution in [3.63, 3.8) is 0 Å². The van der Waals surface area contributed by atoms with Crippen LogP contribution in [0.25, 0.3) is 5.76 Å². The number of likely N-dealkylation sites (tertiary alicyclic amines) is 1. The Morgan fingerprint density at radius 1 is 1.04 bits per heavy atom. The van der Waals surface area contributed by atoms with Crippen molar-refractivity contribution < 1.29 is 19.4 Å². The van der Waals surface area contributed by atoms with Gasteiger partial charge in [-0.3, -0.25) is 9.59 Å². The Kier molecular flexibility index (Phi) is 4.08. The smallest absolute Gasteiger partial charge is 0.295 e. The molecule has 1 amide bonds. The second-order valence-corrected chi connectivity index (χ2v) is 5.52. The minimum atomic E-state index is -0.699. The molecule has 1 atom stereocenters. The Labute approximate surface area is 139 Å². The number of hydrogen-bond donors (Lipinski definition) is 1. The van der Waals surface area contributed by atoms with E-state index >= 15 is 0 Å². The standard InChI is InChI=1S/C19H17NO4/c1-20-16(13-10-6-7-11-14(13)24-2)15(18(22)19(20)23)17(21)12-8-4-3-5-9-12/h3-11,16,21H,1-2H3/t16-/m1/s1. The third kappa shape index (κ3) is 2.44. The first-order valence-corrected chi connectivity index (χ1v) is 7.49. The SMILES string of the molecule is COc1ccccc1[C@@H]1C(=C(O)c2ccccc2)C(=O)C(=O)N1C. The van der Waals surface area contributed by atoms with Crippen molar-refractivity contribution in [3.8, 4) is 5.75 Å². The van der Waals surface area contributed by atoms with Gasteiger partial charge in [0.25, 0.3) is 11.7 Å². The van der Waals surface area contributed by atoms with Gasteiger partial charge >= 0.3 is 0 Å². The molecule has 0 spiro atoms. The fraction of sp³-hybridized carbons (Fsp3) is 0.158. The summed E-state index contributed by atoms with van der Waals surface area (Å²) in [6.45, 7) is 0. The van der Waals surface area contributed by atoms with E-state index in [1.165, 1.54) is 12.0 Å². The number of aliphatic hydroxyl groups excluding tert-OH is 1. The van der Waals surface area contributed by atoms with Crippen LogP contribution in [0.3, 0.4) is 0 Å². The lowest BCUT2D eigenvalue weighted by Crippen LogP contribution is -2.25. The number of para-hydroxylation sites is 1. The van der Waals surface area contributed by atoms with Crippen LogP contribution in [0.2, 0.25) is 0 Å². The quantitative estimate of drug-likeness (QED) is 0.536. The maximum absolute atomic E-state index is 12.5. The molecule has 5 heteroatoms. The second-order valence-electron chi connectivity index (χ2n) is 5.52. The van der Waals surface area contributed by atoms with Gasteiger partial charge in [0, 0.05) is 18.2 Å². The molecule has 24 heavy (non-hydrogen) atoms. The Morgan fingerprint density at radius 3 is 2.33 bits per heavy atom. The van der Waals surface area contributed by atoms with Gasteiger partial charge in [0.1, 0.15) is 11.5 Å². The van der Waals surface area contributed by atoms with Crippen LogP contribution in [0.15, 0.2) is 60.2 Å². The summed E-state index contributed by atoms with van der Waals surface area (Å²) in [5.41, 5.74) is 1.21. The minimum absolute atomic E-state index is 0.0678. The molecule has 0 radical (unpaired) electrons. The number of carbonyl (C=O) groups is 2. The van der Waals surface area contributed by atoms with E-state index in [0.29, 0.717) is 16.9 Å². The molecule has 1 N–H and O–H groups in total. The molecule has 1 aliphatic rings. The van der Waals surface area contributed by atoms with Crippen molar-refractivity contribution in [1.82, 2.24) is 4.90 Å². The number of ketones is 1. The summed E-state index contributed by atoms with van der Waals surface area (Å²) in [6.07, 6.45) is 0. The summed E-state index contributed by atoms with van der Waals surface area (Å²) in [7, 11) is 3.07. The molecule has 0 aliphatic carbocycles. The van der Waals surface area contributed by atoms with Crippen LogP contribution in [0.4, 0.5) is 0 Å². The number of hydrogen-bond acceptors (Lipinski definition) is 4. The lowest BCUT2D eigenvalue weighted by molar-refractivity contribution is -0.139. The highest BCUT2D eigenvalue weighted by Gasteiger charge is 2.45. The van der Waals surface area contributed by atoms with Crippen LogP contribution in [0.5, 0.6) is 5.75 Å². The second kappa shape index (κ2) is 6.20. The molecule has 1 saturated heterocycles. The number of benzene rings is 2. The summed E-state index contributed by atoms with van der Waals surface area (Å²) >= 11 is 0. The van der Waals surface area contributed by atoms with Gasteiger partial charge in [-0.1, -0.05) is 48.5 Å². The Hall–Kier alpha value is -3.08. The number of carbonyl (C=O) groups excluding carboxylic acids is 2. The molecule has 0 aromatic heterocycles. The molecule has 0 unspecified atom stereocenters. The van der Waals surface area contributed by atoms with E-state index in [1.807, 2.05) is 6.07 Å². The van der Waals surface area contributed by atoms with E-state index in [4.69, 9.17) is 4.74 Å². The van der Waals surface area contributed by atoms with Crippen LogP contribution in [-0.4, -0.2) is 35.9 Å². The van der Waals surface area contributed by atoms with Crippen molar-refractivity contribution in [2.75, 3.05) is 14.2 Å². The number of rotatable bonds is 3. The van der Waals surface area contributed by atoms with Crippen LogP contribution in [0.1, 0.15) is 17.2 Å². The molecule has 2 aromatic rings. The highest BCUT2D eigenvalue weighted by molar-refractivity contribution is 6.46. The summed E-state index contributed by atoms with van der Waals surface area (Å²) in [5, 5.41) is 10.7. The van der Waals surface area contributed by atoms with Gasteiger partial charge in [-0.15, -0.1) is 0 Å². The molecule has 5 nitrogen and oxygen atoms in total. The number of nitrogens with zero attached hydrogens (tertiary/aromatic N) is 1. The zero-order chi connectivity index (χ0) is 17.3. The van der Waals surface area contributed by atoms with Crippen molar-refractivity contribution in [2.45, 2.75) is 6.04 Å². The maximum atomic E-state index is 12.5. The molecule has 2 aromatic carbocycles. The van der Waals surface area contributed by atoms with Gasteiger partial charge in [-0.05, 0) is 6.07 Å². The number of ether oxygens (including phenoxy) is 1. The first-order chi connectivity index (χ1) is 11.6. The third-order valence-corrected chi connectivity index (χ3v) is 4.16. The number of Topliss-reactive ketones (excluding diaryl/α,β-unsaturated/α-hetero) is 1. The van der Waals surface area contributed by atoms with Crippen LogP contribution in [0, 0.1) is 0 Å². The van der Waals surface area contributed by atoms with Gasteiger partial charge in [0.2, 0.25) is 0 Å². The van der Waals surface area contributed by atoms with Crippen molar-refractivity contribution >= 4 is 17.4 Å². The summed E-state index contributed by atoms with van der Waals surface area (Å²) in [4.78, 5) is 26.0. The van der Waals surface area contributed by atoms with Crippen molar-refractivity contribution in [1.29, 1.82) is 0 Å². The fourth-order valence-corrected chi connectivity index (χ4v) is 2.96. The Bertz CT molecular complexity index is 826. The fourth-order valence-electron chi connectivity index (χ4n) is 2.96. The average molecular weight is 323 g/mol. The first kappa shape index (κ1) is 15.8. The lowest BCUT2D eigenvalue weighted by Gasteiger charge is -2.22. The average Bonchev–Trinajstić information content (AvgIpc) is 2.85. The topological polar surface area (TPSA) is 66.8 Å². The normalized spacial score (nSPS) is 19.6. The molecule has 122 valence electrons. The van der Waals surface area contributed by atoms with Crippen LogP contribution >= 0.6 is 0 Å². The van der Waals surface area contributed by atoms with E-state index in [9.17, 15) is 14.7 Å². The number of methoxy groups -OCH3 is 1. The van der Waals surface area contributed by atoms with Crippen LogP contribution in [-0.2, 0) is 9.59 Å². The lowest BCUT2D eigenvalue weighted by atomic mass is 9.95. The van der Waals surface area contributed by atoms with E-state index in [-0.39, 0.29) is 11.3 Å². The molecule has 3 rings (SSSR count). The van der Waals surface area contributed by atoms with Gasteiger partial charge in [-0.25, -0.2) is 0 Å². The Balaban J connectivity index is 2.22. The third-order valence-electron chi connectivity index (χ3n) is 4.16. The Morgan fingerprint density at radius 2 is 1.67 bits per heavy atom. The van der Waals surface area contributed by atoms with Gasteiger partial charge in [-0.2, -0.15) is 0 Å². The number of amides is 1. The number of likely N-dealkylation sites (N-methyl/N-ethyl adjacent to an activating group) is 1. The van der Waals surface area contributed by atoms with E-state index in [0.717, 1.165) is 0 Å².